The molecule has 2 aliphatic heterocycles. The lowest BCUT2D eigenvalue weighted by Gasteiger charge is -2.25. The van der Waals surface area contributed by atoms with Crippen molar-refractivity contribution < 1.29 is 9.47 Å². The summed E-state index contributed by atoms with van der Waals surface area (Å²) in [5.41, 5.74) is 5.77. The maximum absolute atomic E-state index is 5.77. The van der Waals surface area contributed by atoms with Crippen LogP contribution in [0.3, 0.4) is 0 Å². The molecule has 2 aliphatic rings. The lowest BCUT2D eigenvalue weighted by Crippen LogP contribution is -2.36. The van der Waals surface area contributed by atoms with Crippen molar-refractivity contribution in [1.82, 2.24) is 19.9 Å². The van der Waals surface area contributed by atoms with Crippen molar-refractivity contribution in [2.45, 2.75) is 25.5 Å². The Balaban J connectivity index is 1.58. The van der Waals surface area contributed by atoms with Crippen LogP contribution in [0.15, 0.2) is 0 Å². The highest BCUT2D eigenvalue weighted by Crippen LogP contribution is 2.13. The quantitative estimate of drug-likeness (QED) is 0.775. The van der Waals surface area contributed by atoms with Gasteiger partial charge in [-0.05, 0) is 12.8 Å². The zero-order valence-electron chi connectivity index (χ0n) is 12.1. The van der Waals surface area contributed by atoms with E-state index < -0.39 is 0 Å². The highest BCUT2D eigenvalue weighted by atomic mass is 16.5. The molecule has 0 aromatic carbocycles. The summed E-state index contributed by atoms with van der Waals surface area (Å²) in [4.78, 5) is 15.0. The first kappa shape index (κ1) is 14.4. The van der Waals surface area contributed by atoms with Gasteiger partial charge in [-0.15, -0.1) is 0 Å². The Morgan fingerprint density at radius 1 is 1.19 bits per heavy atom. The van der Waals surface area contributed by atoms with E-state index in [1.165, 1.54) is 0 Å². The molecule has 1 aromatic rings. The van der Waals surface area contributed by atoms with Gasteiger partial charge in [0.15, 0.2) is 0 Å². The number of hydrogen-bond acceptors (Lipinski definition) is 8. The molecule has 2 fully saturated rings. The minimum atomic E-state index is 0.241. The molecule has 0 amide bonds. The molecule has 3 heterocycles. The van der Waals surface area contributed by atoms with Crippen LogP contribution in [0.2, 0.25) is 0 Å². The van der Waals surface area contributed by atoms with Crippen molar-refractivity contribution in [2.24, 2.45) is 0 Å². The van der Waals surface area contributed by atoms with E-state index >= 15 is 0 Å². The Bertz CT molecular complexity index is 460. The second-order valence-electron chi connectivity index (χ2n) is 5.34. The zero-order chi connectivity index (χ0) is 14.5. The molecule has 8 heteroatoms. The highest BCUT2D eigenvalue weighted by molar-refractivity contribution is 5.31. The summed E-state index contributed by atoms with van der Waals surface area (Å²) in [6, 6.07) is 0. The van der Waals surface area contributed by atoms with Gasteiger partial charge in [-0.3, -0.25) is 4.90 Å². The number of aromatic nitrogens is 3. The molecule has 3 N–H and O–H groups in total. The van der Waals surface area contributed by atoms with E-state index in [9.17, 15) is 0 Å². The molecular formula is C13H22N6O2. The third kappa shape index (κ3) is 4.23. The van der Waals surface area contributed by atoms with E-state index in [1.807, 2.05) is 0 Å². The van der Waals surface area contributed by atoms with E-state index in [-0.39, 0.29) is 12.1 Å². The fourth-order valence-electron chi connectivity index (χ4n) is 2.56. The highest BCUT2D eigenvalue weighted by Gasteiger charge is 2.17. The average Bonchev–Trinajstić information content (AvgIpc) is 2.99. The number of hydrogen-bond donors (Lipinski definition) is 2. The predicted octanol–water partition coefficient (Wildman–Crippen LogP) is -0.123. The van der Waals surface area contributed by atoms with Crippen LogP contribution in [0.25, 0.3) is 0 Å². The fraction of sp³-hybridized carbons (Fsp3) is 0.769. The van der Waals surface area contributed by atoms with Gasteiger partial charge in [-0.2, -0.15) is 15.0 Å². The minimum Gasteiger partial charge on any atom is -0.379 e. The van der Waals surface area contributed by atoms with Gasteiger partial charge in [0.2, 0.25) is 11.9 Å². The lowest BCUT2D eigenvalue weighted by molar-refractivity contribution is 0.0331. The van der Waals surface area contributed by atoms with Crippen molar-refractivity contribution in [3.63, 3.8) is 0 Å². The van der Waals surface area contributed by atoms with Gasteiger partial charge >= 0.3 is 0 Å². The first-order chi connectivity index (χ1) is 10.3. The molecule has 21 heavy (non-hydrogen) atoms. The van der Waals surface area contributed by atoms with Gasteiger partial charge < -0.3 is 20.5 Å². The average molecular weight is 294 g/mol. The number of nitrogen functional groups attached to an aromatic ring is 1. The van der Waals surface area contributed by atoms with E-state index in [2.05, 4.69) is 25.2 Å². The predicted molar refractivity (Wildman–Crippen MR) is 77.8 cm³/mol. The van der Waals surface area contributed by atoms with Gasteiger partial charge in [-0.1, -0.05) is 0 Å². The standard InChI is InChI=1S/C13H22N6O2/c14-12-16-11(9-19-3-6-20-7-4-19)17-13(18-12)15-8-10-2-1-5-21-10/h10H,1-9H2,(H3,14,15,16,17,18). The van der Waals surface area contributed by atoms with E-state index in [0.29, 0.717) is 24.9 Å². The summed E-state index contributed by atoms with van der Waals surface area (Å²) in [5.74, 6) is 1.48. The van der Waals surface area contributed by atoms with E-state index in [4.69, 9.17) is 15.2 Å². The summed E-state index contributed by atoms with van der Waals surface area (Å²) in [7, 11) is 0. The van der Waals surface area contributed by atoms with Crippen molar-refractivity contribution >= 4 is 11.9 Å². The molecule has 3 rings (SSSR count). The van der Waals surface area contributed by atoms with Gasteiger partial charge in [0.05, 0.1) is 25.9 Å². The van der Waals surface area contributed by atoms with Crippen molar-refractivity contribution in [3.8, 4) is 0 Å². The summed E-state index contributed by atoms with van der Waals surface area (Å²) in [6.45, 7) is 5.52. The molecule has 0 aliphatic carbocycles. The molecule has 0 radical (unpaired) electrons. The van der Waals surface area contributed by atoms with E-state index in [0.717, 1.165) is 45.8 Å². The smallest absolute Gasteiger partial charge is 0.227 e. The second-order valence-corrected chi connectivity index (χ2v) is 5.34. The third-order valence-electron chi connectivity index (χ3n) is 3.68. The number of nitrogens with zero attached hydrogens (tertiary/aromatic N) is 4. The van der Waals surface area contributed by atoms with Crippen LogP contribution in [-0.2, 0) is 16.0 Å². The summed E-state index contributed by atoms with van der Waals surface area (Å²) < 4.78 is 10.9. The number of anilines is 2. The van der Waals surface area contributed by atoms with Crippen LogP contribution in [-0.4, -0.2) is 65.4 Å². The number of rotatable bonds is 5. The molecule has 116 valence electrons. The van der Waals surface area contributed by atoms with E-state index in [1.54, 1.807) is 0 Å². The number of ether oxygens (including phenoxy) is 2. The summed E-state index contributed by atoms with van der Waals surface area (Å²) in [5, 5.41) is 3.19. The summed E-state index contributed by atoms with van der Waals surface area (Å²) >= 11 is 0. The molecule has 8 nitrogen and oxygen atoms in total. The van der Waals surface area contributed by atoms with Gasteiger partial charge in [0.1, 0.15) is 5.82 Å². The normalized spacial score (nSPS) is 23.3. The minimum absolute atomic E-state index is 0.241. The maximum Gasteiger partial charge on any atom is 0.227 e. The SMILES string of the molecule is Nc1nc(CN2CCOCC2)nc(NCC2CCCO2)n1. The largest absolute Gasteiger partial charge is 0.379 e. The lowest BCUT2D eigenvalue weighted by atomic mass is 10.2. The second kappa shape index (κ2) is 6.97. The Hall–Kier alpha value is -1.51. The number of nitrogens with two attached hydrogens (primary N) is 1. The molecule has 1 unspecified atom stereocenters. The van der Waals surface area contributed by atoms with Crippen molar-refractivity contribution in [2.75, 3.05) is 50.5 Å². The van der Waals surface area contributed by atoms with Gasteiger partial charge in [0, 0.05) is 26.2 Å². The molecule has 1 aromatic heterocycles. The Labute approximate surface area is 124 Å². The fourth-order valence-corrected chi connectivity index (χ4v) is 2.56. The van der Waals surface area contributed by atoms with Gasteiger partial charge in [-0.25, -0.2) is 0 Å². The van der Waals surface area contributed by atoms with Crippen molar-refractivity contribution in [1.29, 1.82) is 0 Å². The number of morpholine rings is 1. The van der Waals surface area contributed by atoms with Crippen LogP contribution in [0.5, 0.6) is 0 Å². The Morgan fingerprint density at radius 2 is 2.05 bits per heavy atom. The topological polar surface area (TPSA) is 98.4 Å². The monoisotopic (exact) mass is 294 g/mol. The molecular weight excluding hydrogens is 272 g/mol. The Morgan fingerprint density at radius 3 is 2.81 bits per heavy atom. The van der Waals surface area contributed by atoms with Crippen LogP contribution < -0.4 is 11.1 Å². The van der Waals surface area contributed by atoms with Crippen LogP contribution in [0, 0.1) is 0 Å². The van der Waals surface area contributed by atoms with Crippen LogP contribution in [0.1, 0.15) is 18.7 Å². The number of nitrogens with one attached hydrogen (secondary N) is 1. The van der Waals surface area contributed by atoms with Gasteiger partial charge in [0.25, 0.3) is 0 Å². The first-order valence-corrected chi connectivity index (χ1v) is 7.45. The third-order valence-corrected chi connectivity index (χ3v) is 3.68. The van der Waals surface area contributed by atoms with Crippen LogP contribution in [0.4, 0.5) is 11.9 Å². The molecule has 2 saturated heterocycles. The molecule has 0 bridgehead atoms. The molecule has 0 spiro atoms. The van der Waals surface area contributed by atoms with Crippen LogP contribution >= 0.6 is 0 Å². The maximum atomic E-state index is 5.77. The molecule has 0 saturated carbocycles. The van der Waals surface area contributed by atoms with Crippen molar-refractivity contribution in [3.05, 3.63) is 5.82 Å². The first-order valence-electron chi connectivity index (χ1n) is 7.45. The zero-order valence-corrected chi connectivity index (χ0v) is 12.1. The molecule has 1 atom stereocenters. The Kier molecular flexibility index (Phi) is 4.79. The summed E-state index contributed by atoms with van der Waals surface area (Å²) in [6.07, 6.45) is 2.44.